The fraction of sp³-hybridized carbons (Fsp3) is 0.850. The van der Waals surface area contributed by atoms with E-state index < -0.39 is 53.8 Å². The van der Waals surface area contributed by atoms with Gasteiger partial charge in [-0.05, 0) is 97.7 Å². The van der Waals surface area contributed by atoms with Crippen molar-refractivity contribution in [3.8, 4) is 0 Å². The molecule has 0 bridgehead atoms. The maximum absolute atomic E-state index is 13.1. The summed E-state index contributed by atoms with van der Waals surface area (Å²) in [5.41, 5.74) is 0.926. The Bertz CT molecular complexity index is 1400. The van der Waals surface area contributed by atoms with Gasteiger partial charge in [0.2, 0.25) is 0 Å². The van der Waals surface area contributed by atoms with Crippen molar-refractivity contribution in [2.24, 2.45) is 50.7 Å². The van der Waals surface area contributed by atoms with Gasteiger partial charge in [0, 0.05) is 38.0 Å². The third kappa shape index (κ3) is 5.90. The molecule has 9 heteroatoms. The van der Waals surface area contributed by atoms with Gasteiger partial charge in [-0.1, -0.05) is 53.2 Å². The summed E-state index contributed by atoms with van der Waals surface area (Å²) >= 11 is 0. The second kappa shape index (κ2) is 12.5. The lowest BCUT2D eigenvalue weighted by Crippen LogP contribution is -2.66. The molecular formula is C40H60O9. The molecule has 1 heterocycles. The van der Waals surface area contributed by atoms with Crippen LogP contribution in [0, 0.1) is 50.7 Å². The Morgan fingerprint density at radius 1 is 0.796 bits per heavy atom. The molecule has 9 nitrogen and oxygen atoms in total. The topological polar surface area (TPSA) is 125 Å². The Kier molecular flexibility index (Phi) is 9.28. The summed E-state index contributed by atoms with van der Waals surface area (Å²) in [6.45, 7) is 17.7. The first kappa shape index (κ1) is 36.5. The molecule has 49 heavy (non-hydrogen) atoms. The van der Waals surface area contributed by atoms with E-state index in [9.17, 15) is 24.3 Å². The number of ether oxygens (including phenoxy) is 4. The molecule has 5 fully saturated rings. The van der Waals surface area contributed by atoms with Crippen LogP contribution in [0.1, 0.15) is 127 Å². The van der Waals surface area contributed by atoms with Crippen LogP contribution in [0.2, 0.25) is 0 Å². The zero-order valence-electron chi connectivity index (χ0n) is 31.3. The van der Waals surface area contributed by atoms with Crippen LogP contribution in [0.5, 0.6) is 0 Å². The number of esters is 3. The fourth-order valence-corrected chi connectivity index (χ4v) is 12.6. The van der Waals surface area contributed by atoms with E-state index >= 15 is 0 Å². The largest absolute Gasteiger partial charge is 0.456 e. The first-order chi connectivity index (χ1) is 22.8. The van der Waals surface area contributed by atoms with E-state index in [1.165, 1.54) is 26.3 Å². The van der Waals surface area contributed by atoms with Gasteiger partial charge in [-0.15, -0.1) is 0 Å². The van der Waals surface area contributed by atoms with Gasteiger partial charge in [-0.25, -0.2) is 0 Å². The highest BCUT2D eigenvalue weighted by atomic mass is 16.6. The number of aliphatic hydroxyl groups is 1. The van der Waals surface area contributed by atoms with Gasteiger partial charge >= 0.3 is 17.9 Å². The predicted octanol–water partition coefficient (Wildman–Crippen LogP) is 6.52. The van der Waals surface area contributed by atoms with Crippen molar-refractivity contribution in [3.05, 3.63) is 11.6 Å². The summed E-state index contributed by atoms with van der Waals surface area (Å²) in [6, 6.07) is 0. The molecule has 1 aliphatic heterocycles. The highest BCUT2D eigenvalue weighted by Crippen LogP contribution is 2.72. The third-order valence-corrected chi connectivity index (χ3v) is 14.9. The molecule has 0 aromatic carbocycles. The lowest BCUT2D eigenvalue weighted by atomic mass is 9.37. The summed E-state index contributed by atoms with van der Waals surface area (Å²) in [5, 5.41) is 12.7. The van der Waals surface area contributed by atoms with Crippen LogP contribution in [0.15, 0.2) is 11.6 Å². The van der Waals surface area contributed by atoms with E-state index in [0.717, 1.165) is 57.8 Å². The SMILES string of the molecule is CC(=O)OC1C(OC(C)=O)[C@H](OC(C)=O)CO[C@H]1C(O)[C@@]12CCC3C(=CCC4[C@@]3(C)CCC3C(C)(C)C(=O)CC[C@@]34C)C1CC(C)(C)CC2. The summed E-state index contributed by atoms with van der Waals surface area (Å²) in [4.78, 5) is 49.9. The zero-order valence-corrected chi connectivity index (χ0v) is 31.3. The Hall–Kier alpha value is -2.26. The molecule has 0 radical (unpaired) electrons. The predicted molar refractivity (Wildman–Crippen MR) is 182 cm³/mol. The number of ketones is 1. The Labute approximate surface area is 292 Å². The second-order valence-corrected chi connectivity index (χ2v) is 18.5. The van der Waals surface area contributed by atoms with Crippen LogP contribution in [0.25, 0.3) is 0 Å². The minimum Gasteiger partial charge on any atom is -0.456 e. The number of fused-ring (bicyclic) bond motifs is 7. The van der Waals surface area contributed by atoms with Crippen LogP contribution in [0.3, 0.4) is 0 Å². The fourth-order valence-electron chi connectivity index (χ4n) is 12.6. The van der Waals surface area contributed by atoms with Crippen molar-refractivity contribution in [3.63, 3.8) is 0 Å². The van der Waals surface area contributed by atoms with Crippen LogP contribution >= 0.6 is 0 Å². The molecule has 1 N–H and O–H groups in total. The van der Waals surface area contributed by atoms with Gasteiger partial charge in [0.1, 0.15) is 11.9 Å². The van der Waals surface area contributed by atoms with E-state index in [0.29, 0.717) is 30.0 Å². The lowest BCUT2D eigenvalue weighted by Gasteiger charge is -2.68. The first-order valence-electron chi connectivity index (χ1n) is 18.8. The van der Waals surface area contributed by atoms with Crippen molar-refractivity contribution in [1.29, 1.82) is 0 Å². The number of Topliss-reactive ketones (excluding diaryl/α,β-unsaturated/α-hetero) is 1. The molecule has 274 valence electrons. The summed E-state index contributed by atoms with van der Waals surface area (Å²) < 4.78 is 23.3. The number of hydrogen-bond acceptors (Lipinski definition) is 9. The van der Waals surface area contributed by atoms with E-state index in [4.69, 9.17) is 18.9 Å². The molecule has 0 spiro atoms. The van der Waals surface area contributed by atoms with Crippen LogP contribution < -0.4 is 0 Å². The molecular weight excluding hydrogens is 624 g/mol. The Morgan fingerprint density at radius 2 is 1.45 bits per heavy atom. The van der Waals surface area contributed by atoms with Gasteiger partial charge in [-0.3, -0.25) is 19.2 Å². The molecule has 0 aromatic heterocycles. The first-order valence-corrected chi connectivity index (χ1v) is 18.8. The standard InChI is InChI=1S/C40H60O9/c1-22(41)47-28-21-46-34(33(49-24(3)43)32(28)48-23(2)42)35(45)40-17-12-26-25(27(40)20-36(4,5)18-19-40)10-11-30-38(26,8)15-13-29-37(6,7)31(44)14-16-39(29,30)9/h10,26-30,32-35,45H,11-21H2,1-9H3/t26?,27?,28-,29?,30?,32?,33?,34-,35?,38+,39+,40-/m1/s1. The summed E-state index contributed by atoms with van der Waals surface area (Å²) in [7, 11) is 0. The van der Waals surface area contributed by atoms with Crippen molar-refractivity contribution < 1.29 is 43.2 Å². The Balaban J connectivity index is 1.37. The van der Waals surface area contributed by atoms with Gasteiger partial charge in [0.25, 0.3) is 0 Å². The molecule has 6 aliphatic rings. The molecule has 0 amide bonds. The molecule has 5 aliphatic carbocycles. The number of allylic oxidation sites excluding steroid dienone is 2. The van der Waals surface area contributed by atoms with Crippen molar-refractivity contribution in [1.82, 2.24) is 0 Å². The maximum Gasteiger partial charge on any atom is 0.303 e. The number of rotatable bonds is 5. The van der Waals surface area contributed by atoms with Crippen molar-refractivity contribution in [2.75, 3.05) is 6.61 Å². The molecule has 1 saturated heterocycles. The number of aliphatic hydroxyl groups excluding tert-OH is 1. The van der Waals surface area contributed by atoms with Gasteiger partial charge in [0.05, 0.1) is 12.7 Å². The summed E-state index contributed by atoms with van der Waals surface area (Å²) in [5.74, 6) is 0.0231. The van der Waals surface area contributed by atoms with E-state index in [1.54, 1.807) is 0 Å². The number of carbonyl (C=O) groups excluding carboxylic acids is 4. The molecule has 0 aromatic rings. The average molecular weight is 685 g/mol. The van der Waals surface area contributed by atoms with Crippen LogP contribution in [0.4, 0.5) is 0 Å². The summed E-state index contributed by atoms with van der Waals surface area (Å²) in [6.07, 6.45) is 6.52. The van der Waals surface area contributed by atoms with E-state index in [2.05, 4.69) is 47.6 Å². The lowest BCUT2D eigenvalue weighted by molar-refractivity contribution is -0.256. The second-order valence-electron chi connectivity index (χ2n) is 18.5. The average Bonchev–Trinajstić information content (AvgIpc) is 2.99. The highest BCUT2D eigenvalue weighted by molar-refractivity contribution is 5.85. The molecule has 7 unspecified atom stereocenters. The van der Waals surface area contributed by atoms with Gasteiger partial charge in [-0.2, -0.15) is 0 Å². The zero-order chi connectivity index (χ0) is 35.9. The molecule has 6 rings (SSSR count). The van der Waals surface area contributed by atoms with Crippen LogP contribution in [-0.2, 0) is 38.1 Å². The minimum atomic E-state index is -1.15. The third-order valence-electron chi connectivity index (χ3n) is 14.9. The number of carbonyl (C=O) groups is 4. The van der Waals surface area contributed by atoms with Crippen molar-refractivity contribution >= 4 is 23.7 Å². The van der Waals surface area contributed by atoms with Gasteiger partial charge in [0.15, 0.2) is 18.3 Å². The highest BCUT2D eigenvalue weighted by Gasteiger charge is 2.67. The number of hydrogen-bond donors (Lipinski definition) is 1. The van der Waals surface area contributed by atoms with Crippen molar-refractivity contribution in [2.45, 2.75) is 157 Å². The smallest absolute Gasteiger partial charge is 0.303 e. The molecule has 4 saturated carbocycles. The monoisotopic (exact) mass is 684 g/mol. The Morgan fingerprint density at radius 3 is 2.10 bits per heavy atom. The minimum absolute atomic E-state index is 0.0785. The normalized spacial score (nSPS) is 44.4. The molecule has 12 atom stereocenters. The van der Waals surface area contributed by atoms with E-state index in [1.807, 2.05) is 0 Å². The quantitative estimate of drug-likeness (QED) is 0.196. The van der Waals surface area contributed by atoms with Crippen LogP contribution in [-0.4, -0.2) is 65.9 Å². The maximum atomic E-state index is 13.1. The van der Waals surface area contributed by atoms with Gasteiger partial charge < -0.3 is 24.1 Å². The van der Waals surface area contributed by atoms with E-state index in [-0.39, 0.29) is 34.2 Å².